The molecule has 5 heteroatoms. The Hall–Kier alpha value is -0.260. The summed E-state index contributed by atoms with van der Waals surface area (Å²) < 4.78 is 1.93. The van der Waals surface area contributed by atoms with Crippen LogP contribution in [0.3, 0.4) is 0 Å². The lowest BCUT2D eigenvalue weighted by Gasteiger charge is -2.35. The van der Waals surface area contributed by atoms with Crippen LogP contribution in [0.25, 0.3) is 0 Å². The number of anilines is 2. The van der Waals surface area contributed by atoms with Crippen molar-refractivity contribution in [1.82, 2.24) is 0 Å². The smallest absolute Gasteiger partial charge is 0.0697 e. The molecule has 0 radical (unpaired) electrons. The molecule has 0 aromatic heterocycles. The molecule has 3 N–H and O–H groups in total. The molecule has 0 saturated heterocycles. The van der Waals surface area contributed by atoms with Crippen LogP contribution >= 0.6 is 31.9 Å². The third-order valence-electron chi connectivity index (χ3n) is 3.67. The zero-order valence-electron chi connectivity index (χ0n) is 10.4. The van der Waals surface area contributed by atoms with Gasteiger partial charge in [-0.15, -0.1) is 0 Å². The van der Waals surface area contributed by atoms with Crippen LogP contribution in [-0.4, -0.2) is 24.3 Å². The van der Waals surface area contributed by atoms with Crippen LogP contribution in [0.1, 0.15) is 25.7 Å². The Morgan fingerprint density at radius 2 is 1.83 bits per heavy atom. The molecular weight excluding hydrogens is 360 g/mol. The van der Waals surface area contributed by atoms with Crippen LogP contribution in [0.2, 0.25) is 0 Å². The second-order valence-corrected chi connectivity index (χ2v) is 6.66. The minimum Gasteiger partial charge on any atom is -0.396 e. The Morgan fingerprint density at radius 3 is 2.44 bits per heavy atom. The SMILES string of the molecule is CN(c1cc(Br)cc(Br)c1N)[C@H]1CC[C@H](O)CC1. The standard InChI is InChI=1S/C13H18Br2N2O/c1-17(9-2-4-10(18)5-3-9)12-7-8(14)6-11(15)13(12)16/h6-7,9-10,18H,2-5,16H2,1H3/t9-,10-. The Kier molecular flexibility index (Phi) is 4.56. The summed E-state index contributed by atoms with van der Waals surface area (Å²) in [5.74, 6) is 0. The van der Waals surface area contributed by atoms with Gasteiger partial charge in [0.05, 0.1) is 17.5 Å². The van der Waals surface area contributed by atoms with Crippen molar-refractivity contribution in [2.75, 3.05) is 17.7 Å². The number of halogens is 2. The van der Waals surface area contributed by atoms with E-state index in [1.165, 1.54) is 0 Å². The maximum absolute atomic E-state index is 9.56. The number of nitrogen functional groups attached to an aromatic ring is 1. The average molecular weight is 378 g/mol. The van der Waals surface area contributed by atoms with Crippen LogP contribution in [0.5, 0.6) is 0 Å². The van der Waals surface area contributed by atoms with Gasteiger partial charge in [0.1, 0.15) is 0 Å². The van der Waals surface area contributed by atoms with Gasteiger partial charge in [0.25, 0.3) is 0 Å². The van der Waals surface area contributed by atoms with Gasteiger partial charge in [-0.1, -0.05) is 15.9 Å². The van der Waals surface area contributed by atoms with Gasteiger partial charge in [0.2, 0.25) is 0 Å². The number of rotatable bonds is 2. The highest BCUT2D eigenvalue weighted by atomic mass is 79.9. The Bertz CT molecular complexity index is 431. The molecule has 0 spiro atoms. The van der Waals surface area contributed by atoms with Crippen molar-refractivity contribution >= 4 is 43.2 Å². The molecule has 3 nitrogen and oxygen atoms in total. The first-order valence-electron chi connectivity index (χ1n) is 6.14. The molecule has 18 heavy (non-hydrogen) atoms. The van der Waals surface area contributed by atoms with Crippen LogP contribution in [0, 0.1) is 0 Å². The highest BCUT2D eigenvalue weighted by molar-refractivity contribution is 9.11. The van der Waals surface area contributed by atoms with Crippen molar-refractivity contribution in [2.24, 2.45) is 0 Å². The van der Waals surface area contributed by atoms with Crippen molar-refractivity contribution in [2.45, 2.75) is 37.8 Å². The van der Waals surface area contributed by atoms with Crippen LogP contribution in [-0.2, 0) is 0 Å². The topological polar surface area (TPSA) is 49.5 Å². The second-order valence-electron chi connectivity index (χ2n) is 4.89. The Balaban J connectivity index is 2.20. The van der Waals surface area contributed by atoms with Gasteiger partial charge in [-0.25, -0.2) is 0 Å². The van der Waals surface area contributed by atoms with Crippen LogP contribution in [0.15, 0.2) is 21.1 Å². The van der Waals surface area contributed by atoms with Crippen molar-refractivity contribution in [3.8, 4) is 0 Å². The van der Waals surface area contributed by atoms with Crippen molar-refractivity contribution < 1.29 is 5.11 Å². The van der Waals surface area contributed by atoms with E-state index < -0.39 is 0 Å². The molecule has 0 heterocycles. The number of benzene rings is 1. The van der Waals surface area contributed by atoms with E-state index in [-0.39, 0.29) is 6.10 Å². The van der Waals surface area contributed by atoms with Crippen molar-refractivity contribution in [3.05, 3.63) is 21.1 Å². The van der Waals surface area contributed by atoms with E-state index >= 15 is 0 Å². The minimum atomic E-state index is -0.124. The summed E-state index contributed by atoms with van der Waals surface area (Å²) in [6, 6.07) is 4.46. The molecule has 1 saturated carbocycles. The van der Waals surface area contributed by atoms with Crippen LogP contribution < -0.4 is 10.6 Å². The fraction of sp³-hybridized carbons (Fsp3) is 0.538. The van der Waals surface area contributed by atoms with Crippen LogP contribution in [0.4, 0.5) is 11.4 Å². The van der Waals surface area contributed by atoms with E-state index in [1.807, 2.05) is 12.1 Å². The molecule has 0 amide bonds. The van der Waals surface area contributed by atoms with E-state index in [9.17, 15) is 5.11 Å². The molecule has 1 aromatic rings. The summed E-state index contributed by atoms with van der Waals surface area (Å²) in [5, 5.41) is 9.56. The predicted molar refractivity (Wildman–Crippen MR) is 82.9 cm³/mol. The second kappa shape index (κ2) is 5.80. The Morgan fingerprint density at radius 1 is 1.22 bits per heavy atom. The number of hydrogen-bond donors (Lipinski definition) is 2. The first-order valence-corrected chi connectivity index (χ1v) is 7.73. The number of nitrogens with zero attached hydrogens (tertiary/aromatic N) is 1. The molecule has 1 aromatic carbocycles. The number of aliphatic hydroxyl groups excluding tert-OH is 1. The van der Waals surface area contributed by atoms with Gasteiger partial charge in [-0.3, -0.25) is 0 Å². The quantitative estimate of drug-likeness (QED) is 0.775. The summed E-state index contributed by atoms with van der Waals surface area (Å²) in [4.78, 5) is 2.23. The highest BCUT2D eigenvalue weighted by Crippen LogP contribution is 2.36. The first-order chi connectivity index (χ1) is 8.49. The maximum Gasteiger partial charge on any atom is 0.0697 e. The van der Waals surface area contributed by atoms with E-state index in [0.29, 0.717) is 6.04 Å². The third-order valence-corrected chi connectivity index (χ3v) is 4.78. The molecule has 1 aliphatic rings. The number of nitrogens with two attached hydrogens (primary N) is 1. The van der Waals surface area contributed by atoms with Gasteiger partial charge in [0.15, 0.2) is 0 Å². The van der Waals surface area contributed by atoms with Gasteiger partial charge in [-0.2, -0.15) is 0 Å². The molecule has 1 fully saturated rings. The highest BCUT2D eigenvalue weighted by Gasteiger charge is 2.24. The van der Waals surface area contributed by atoms with E-state index in [2.05, 4.69) is 43.8 Å². The van der Waals surface area contributed by atoms with E-state index in [1.54, 1.807) is 0 Å². The third kappa shape index (κ3) is 3.00. The monoisotopic (exact) mass is 376 g/mol. The molecule has 0 unspecified atom stereocenters. The predicted octanol–water partition coefficient (Wildman–Crippen LogP) is 3.53. The molecule has 1 aliphatic carbocycles. The fourth-order valence-corrected chi connectivity index (χ4v) is 3.71. The maximum atomic E-state index is 9.56. The molecule has 0 atom stereocenters. The molecule has 0 bridgehead atoms. The van der Waals surface area contributed by atoms with Gasteiger partial charge < -0.3 is 15.7 Å². The largest absolute Gasteiger partial charge is 0.396 e. The average Bonchev–Trinajstić information content (AvgIpc) is 2.34. The summed E-state index contributed by atoms with van der Waals surface area (Å²) in [6.45, 7) is 0. The lowest BCUT2D eigenvalue weighted by Crippen LogP contribution is -2.36. The van der Waals surface area contributed by atoms with E-state index in [4.69, 9.17) is 5.73 Å². The fourth-order valence-electron chi connectivity index (χ4n) is 2.51. The van der Waals surface area contributed by atoms with Gasteiger partial charge in [0, 0.05) is 22.0 Å². The summed E-state index contributed by atoms with van der Waals surface area (Å²) in [7, 11) is 2.08. The van der Waals surface area contributed by atoms with Gasteiger partial charge in [-0.05, 0) is 53.7 Å². The Labute approximate surface area is 125 Å². The molecule has 0 aliphatic heterocycles. The van der Waals surface area contributed by atoms with Crippen molar-refractivity contribution in [3.63, 3.8) is 0 Å². The van der Waals surface area contributed by atoms with Crippen molar-refractivity contribution in [1.29, 1.82) is 0 Å². The first kappa shape index (κ1) is 14.2. The van der Waals surface area contributed by atoms with Gasteiger partial charge >= 0.3 is 0 Å². The number of aliphatic hydroxyl groups is 1. The molecule has 2 rings (SSSR count). The summed E-state index contributed by atoms with van der Waals surface area (Å²) >= 11 is 6.97. The lowest BCUT2D eigenvalue weighted by atomic mass is 9.92. The molecule has 100 valence electrons. The van der Waals surface area contributed by atoms with E-state index in [0.717, 1.165) is 46.0 Å². The molecular formula is C13H18Br2N2O. The summed E-state index contributed by atoms with van der Waals surface area (Å²) in [6.07, 6.45) is 3.66. The zero-order chi connectivity index (χ0) is 13.3. The minimum absolute atomic E-state index is 0.124. The lowest BCUT2D eigenvalue weighted by molar-refractivity contribution is 0.122. The normalized spacial score (nSPS) is 24.0. The summed E-state index contributed by atoms with van der Waals surface area (Å²) in [5.41, 5.74) is 7.94. The number of hydrogen-bond acceptors (Lipinski definition) is 3. The zero-order valence-corrected chi connectivity index (χ0v) is 13.5.